The highest BCUT2D eigenvalue weighted by atomic mass is 32.2. The van der Waals surface area contributed by atoms with Crippen molar-refractivity contribution >= 4 is 32.8 Å². The summed E-state index contributed by atoms with van der Waals surface area (Å²) in [6.07, 6.45) is 0. The molecule has 0 amide bonds. The van der Waals surface area contributed by atoms with E-state index in [1.807, 2.05) is 6.92 Å². The van der Waals surface area contributed by atoms with Crippen molar-refractivity contribution in [1.82, 2.24) is 0 Å². The molecule has 0 fully saturated rings. The molecule has 3 aromatic rings. The van der Waals surface area contributed by atoms with Gasteiger partial charge >= 0.3 is 0 Å². The van der Waals surface area contributed by atoms with Crippen molar-refractivity contribution in [2.24, 2.45) is 10.2 Å². The molecule has 0 saturated heterocycles. The summed E-state index contributed by atoms with van der Waals surface area (Å²) in [4.78, 5) is 0.206. The molecule has 0 aliphatic rings. The summed E-state index contributed by atoms with van der Waals surface area (Å²) >= 11 is 0. The number of hydrogen-bond acceptors (Lipinski definition) is 6. The number of nitrogens with zero attached hydrogens (tertiary/aromatic N) is 2. The van der Waals surface area contributed by atoms with E-state index in [1.54, 1.807) is 66.7 Å². The molecule has 0 aromatic heterocycles. The third-order valence-corrected chi connectivity index (χ3v) is 5.32. The molecule has 3 N–H and O–H groups in total. The second-order valence-corrected chi connectivity index (χ2v) is 7.78. The zero-order valence-electron chi connectivity index (χ0n) is 15.5. The Morgan fingerprint density at radius 3 is 2.25 bits per heavy atom. The molecule has 0 aliphatic heterocycles. The Kier molecular flexibility index (Phi) is 5.60. The lowest BCUT2D eigenvalue weighted by Crippen LogP contribution is -2.12. The van der Waals surface area contributed by atoms with E-state index >= 15 is 0 Å². The standard InChI is InChI=1S/C20H20N4O3S/c1-14-3-10-18(11-4-14)28(25,26)24-17-8-6-16(7-9-17)22-23-19-12-5-15(21)13-20(19)27-2/h3-13,24H,21H2,1-2H3/b23-22+. The van der Waals surface area contributed by atoms with Crippen molar-refractivity contribution in [1.29, 1.82) is 0 Å². The maximum absolute atomic E-state index is 12.4. The highest BCUT2D eigenvalue weighted by Crippen LogP contribution is 2.31. The van der Waals surface area contributed by atoms with Crippen molar-refractivity contribution in [2.75, 3.05) is 17.6 Å². The molecule has 3 aromatic carbocycles. The summed E-state index contributed by atoms with van der Waals surface area (Å²) in [5, 5.41) is 8.30. The van der Waals surface area contributed by atoms with Crippen LogP contribution < -0.4 is 15.2 Å². The second kappa shape index (κ2) is 8.10. The first-order valence-corrected chi connectivity index (χ1v) is 9.90. The van der Waals surface area contributed by atoms with Crippen molar-refractivity contribution in [2.45, 2.75) is 11.8 Å². The third-order valence-electron chi connectivity index (χ3n) is 3.93. The summed E-state index contributed by atoms with van der Waals surface area (Å²) in [7, 11) is -2.11. The lowest BCUT2D eigenvalue weighted by molar-refractivity contribution is 0.416. The van der Waals surface area contributed by atoms with Crippen LogP contribution in [0, 0.1) is 6.92 Å². The Morgan fingerprint density at radius 2 is 1.61 bits per heavy atom. The van der Waals surface area contributed by atoms with Gasteiger partial charge < -0.3 is 10.5 Å². The number of methoxy groups -OCH3 is 1. The molecule has 0 atom stereocenters. The summed E-state index contributed by atoms with van der Waals surface area (Å²) in [6.45, 7) is 1.90. The van der Waals surface area contributed by atoms with Crippen LogP contribution in [0.15, 0.2) is 81.9 Å². The van der Waals surface area contributed by atoms with E-state index in [-0.39, 0.29) is 4.90 Å². The van der Waals surface area contributed by atoms with Gasteiger partial charge in [-0.05, 0) is 55.5 Å². The summed E-state index contributed by atoms with van der Waals surface area (Å²) in [6, 6.07) is 18.3. The van der Waals surface area contributed by atoms with Gasteiger partial charge in [-0.3, -0.25) is 4.72 Å². The lowest BCUT2D eigenvalue weighted by Gasteiger charge is -2.08. The molecular formula is C20H20N4O3S. The molecule has 0 heterocycles. The van der Waals surface area contributed by atoms with E-state index in [1.165, 1.54) is 7.11 Å². The van der Waals surface area contributed by atoms with Crippen LogP contribution in [-0.4, -0.2) is 15.5 Å². The molecule has 0 unspecified atom stereocenters. The van der Waals surface area contributed by atoms with Gasteiger partial charge in [0.05, 0.1) is 17.7 Å². The maximum atomic E-state index is 12.4. The van der Waals surface area contributed by atoms with E-state index in [0.717, 1.165) is 5.56 Å². The SMILES string of the molecule is COc1cc(N)ccc1/N=N/c1ccc(NS(=O)(=O)c2ccc(C)cc2)cc1. The van der Waals surface area contributed by atoms with Gasteiger partial charge in [0.1, 0.15) is 11.4 Å². The van der Waals surface area contributed by atoms with E-state index in [0.29, 0.717) is 28.5 Å². The van der Waals surface area contributed by atoms with Gasteiger partial charge in [-0.15, -0.1) is 5.11 Å². The van der Waals surface area contributed by atoms with E-state index in [9.17, 15) is 8.42 Å². The number of hydrogen-bond donors (Lipinski definition) is 2. The Morgan fingerprint density at radius 1 is 0.929 bits per heavy atom. The third kappa shape index (κ3) is 4.66. The van der Waals surface area contributed by atoms with Gasteiger partial charge in [0.2, 0.25) is 0 Å². The molecule has 0 aliphatic carbocycles. The van der Waals surface area contributed by atoms with Crippen LogP contribution in [0.25, 0.3) is 0 Å². The first-order chi connectivity index (χ1) is 13.4. The van der Waals surface area contributed by atoms with Crippen LogP contribution in [0.2, 0.25) is 0 Å². The molecule has 0 saturated carbocycles. The average Bonchev–Trinajstić information content (AvgIpc) is 2.68. The number of aryl methyl sites for hydroxylation is 1. The van der Waals surface area contributed by atoms with Crippen molar-refractivity contribution in [3.63, 3.8) is 0 Å². The molecular weight excluding hydrogens is 376 g/mol. The first-order valence-electron chi connectivity index (χ1n) is 8.42. The number of ether oxygens (including phenoxy) is 1. The zero-order valence-corrected chi connectivity index (χ0v) is 16.3. The monoisotopic (exact) mass is 396 g/mol. The normalized spacial score (nSPS) is 11.5. The zero-order chi connectivity index (χ0) is 20.1. The molecule has 0 bridgehead atoms. The summed E-state index contributed by atoms with van der Waals surface area (Å²) in [5.41, 5.74) is 8.82. The minimum Gasteiger partial charge on any atom is -0.494 e. The predicted octanol–water partition coefficient (Wildman–Crippen LogP) is 4.80. The van der Waals surface area contributed by atoms with Gasteiger partial charge in [0, 0.05) is 17.4 Å². The van der Waals surface area contributed by atoms with Gasteiger partial charge in [0.15, 0.2) is 0 Å². The van der Waals surface area contributed by atoms with Crippen molar-refractivity contribution in [3.8, 4) is 5.75 Å². The molecule has 0 radical (unpaired) electrons. The number of rotatable bonds is 6. The lowest BCUT2D eigenvalue weighted by atomic mass is 10.2. The van der Waals surface area contributed by atoms with Crippen LogP contribution in [-0.2, 0) is 10.0 Å². The number of nitrogens with two attached hydrogens (primary N) is 1. The average molecular weight is 396 g/mol. The van der Waals surface area contributed by atoms with Crippen LogP contribution in [0.4, 0.5) is 22.7 Å². The van der Waals surface area contributed by atoms with Crippen LogP contribution >= 0.6 is 0 Å². The number of anilines is 2. The number of nitrogens with one attached hydrogen (secondary N) is 1. The Hall–Kier alpha value is -3.39. The fourth-order valence-corrected chi connectivity index (χ4v) is 3.47. The molecule has 28 heavy (non-hydrogen) atoms. The van der Waals surface area contributed by atoms with Gasteiger partial charge in [-0.25, -0.2) is 8.42 Å². The van der Waals surface area contributed by atoms with Crippen LogP contribution in [0.1, 0.15) is 5.56 Å². The minimum atomic E-state index is -3.64. The van der Waals surface area contributed by atoms with Crippen molar-refractivity contribution < 1.29 is 13.2 Å². The first kappa shape index (κ1) is 19.4. The van der Waals surface area contributed by atoms with Crippen LogP contribution in [0.3, 0.4) is 0 Å². The maximum Gasteiger partial charge on any atom is 0.261 e. The molecule has 144 valence electrons. The predicted molar refractivity (Wildman–Crippen MR) is 110 cm³/mol. The topological polar surface area (TPSA) is 106 Å². The quantitative estimate of drug-likeness (QED) is 0.461. The van der Waals surface area contributed by atoms with E-state index in [2.05, 4.69) is 15.0 Å². The van der Waals surface area contributed by atoms with E-state index < -0.39 is 10.0 Å². The number of azo groups is 1. The van der Waals surface area contributed by atoms with E-state index in [4.69, 9.17) is 10.5 Å². The van der Waals surface area contributed by atoms with Gasteiger partial charge in [-0.2, -0.15) is 5.11 Å². The number of benzene rings is 3. The molecule has 0 spiro atoms. The smallest absolute Gasteiger partial charge is 0.261 e. The van der Waals surface area contributed by atoms with Crippen molar-refractivity contribution in [3.05, 3.63) is 72.3 Å². The second-order valence-electron chi connectivity index (χ2n) is 6.10. The fourth-order valence-electron chi connectivity index (χ4n) is 2.42. The number of sulfonamides is 1. The highest BCUT2D eigenvalue weighted by molar-refractivity contribution is 7.92. The van der Waals surface area contributed by atoms with Crippen LogP contribution in [0.5, 0.6) is 5.75 Å². The van der Waals surface area contributed by atoms with Gasteiger partial charge in [0.25, 0.3) is 10.0 Å². The number of nitrogen functional groups attached to an aromatic ring is 1. The highest BCUT2D eigenvalue weighted by Gasteiger charge is 2.13. The summed E-state index contributed by atoms with van der Waals surface area (Å²) < 4.78 is 32.6. The Bertz CT molecular complexity index is 1090. The molecule has 3 rings (SSSR count). The minimum absolute atomic E-state index is 0.206. The largest absolute Gasteiger partial charge is 0.494 e. The molecule has 7 nitrogen and oxygen atoms in total. The summed E-state index contributed by atoms with van der Waals surface area (Å²) in [5.74, 6) is 0.520. The fraction of sp³-hybridized carbons (Fsp3) is 0.100. The molecule has 8 heteroatoms. The Balaban J connectivity index is 1.74. The van der Waals surface area contributed by atoms with Gasteiger partial charge in [-0.1, -0.05) is 17.7 Å². The Labute approximate surface area is 163 Å².